The van der Waals surface area contributed by atoms with E-state index in [0.29, 0.717) is 36.8 Å². The van der Waals surface area contributed by atoms with E-state index in [2.05, 4.69) is 10.3 Å². The number of benzene rings is 2. The number of halogens is 1. The SMILES string of the molecule is O=C(Cn1nnc2ccccc21)N1CCN(C(=O)c2cccc(Cl)c2)CC1. The van der Waals surface area contributed by atoms with Crippen LogP contribution in [0.25, 0.3) is 11.0 Å². The molecule has 1 aromatic heterocycles. The highest BCUT2D eigenvalue weighted by Gasteiger charge is 2.25. The van der Waals surface area contributed by atoms with Gasteiger partial charge in [-0.15, -0.1) is 5.10 Å². The lowest BCUT2D eigenvalue weighted by molar-refractivity contribution is -0.133. The summed E-state index contributed by atoms with van der Waals surface area (Å²) in [5.41, 5.74) is 2.17. The molecule has 7 nitrogen and oxygen atoms in total. The van der Waals surface area contributed by atoms with Crippen LogP contribution in [-0.2, 0) is 11.3 Å². The van der Waals surface area contributed by atoms with Crippen molar-refractivity contribution in [3.63, 3.8) is 0 Å². The van der Waals surface area contributed by atoms with Crippen molar-refractivity contribution in [3.8, 4) is 0 Å². The van der Waals surface area contributed by atoms with Gasteiger partial charge < -0.3 is 9.80 Å². The second kappa shape index (κ2) is 7.36. The number of hydrogen-bond donors (Lipinski definition) is 0. The van der Waals surface area contributed by atoms with Crippen molar-refractivity contribution in [1.82, 2.24) is 24.8 Å². The number of fused-ring (bicyclic) bond motifs is 1. The summed E-state index contributed by atoms with van der Waals surface area (Å²) in [6.07, 6.45) is 0. The number of nitrogens with zero attached hydrogens (tertiary/aromatic N) is 5. The van der Waals surface area contributed by atoms with Gasteiger partial charge in [0.15, 0.2) is 0 Å². The molecule has 138 valence electrons. The largest absolute Gasteiger partial charge is 0.338 e. The van der Waals surface area contributed by atoms with Crippen molar-refractivity contribution in [2.45, 2.75) is 6.54 Å². The Kier molecular flexibility index (Phi) is 4.77. The molecule has 0 spiro atoms. The molecule has 0 saturated carbocycles. The lowest BCUT2D eigenvalue weighted by atomic mass is 10.2. The van der Waals surface area contributed by atoms with Gasteiger partial charge in [0.2, 0.25) is 5.91 Å². The zero-order valence-corrected chi connectivity index (χ0v) is 15.3. The molecule has 0 unspecified atom stereocenters. The smallest absolute Gasteiger partial charge is 0.254 e. The van der Waals surface area contributed by atoms with Crippen molar-refractivity contribution in [2.75, 3.05) is 26.2 Å². The summed E-state index contributed by atoms with van der Waals surface area (Å²) in [6.45, 7) is 2.13. The zero-order chi connectivity index (χ0) is 18.8. The van der Waals surface area contributed by atoms with Crippen molar-refractivity contribution >= 4 is 34.4 Å². The number of hydrogen-bond acceptors (Lipinski definition) is 4. The van der Waals surface area contributed by atoms with Crippen molar-refractivity contribution in [2.24, 2.45) is 0 Å². The minimum Gasteiger partial charge on any atom is -0.338 e. The lowest BCUT2D eigenvalue weighted by Crippen LogP contribution is -2.51. The number of carbonyl (C=O) groups is 2. The maximum absolute atomic E-state index is 12.6. The molecule has 3 aromatic rings. The van der Waals surface area contributed by atoms with Crippen molar-refractivity contribution < 1.29 is 9.59 Å². The maximum atomic E-state index is 12.6. The Balaban J connectivity index is 1.37. The molecule has 4 rings (SSSR count). The molecule has 0 radical (unpaired) electrons. The Morgan fingerprint density at radius 1 is 0.963 bits per heavy atom. The van der Waals surface area contributed by atoms with Crippen LogP contribution in [0.2, 0.25) is 5.02 Å². The molecule has 2 aromatic carbocycles. The number of piperazine rings is 1. The lowest BCUT2D eigenvalue weighted by Gasteiger charge is -2.34. The molecule has 0 bridgehead atoms. The van der Waals surface area contributed by atoms with E-state index >= 15 is 0 Å². The van der Waals surface area contributed by atoms with Crippen molar-refractivity contribution in [3.05, 3.63) is 59.1 Å². The second-order valence-electron chi connectivity index (χ2n) is 6.42. The molecule has 0 atom stereocenters. The summed E-state index contributed by atoms with van der Waals surface area (Å²) in [4.78, 5) is 28.7. The highest BCUT2D eigenvalue weighted by atomic mass is 35.5. The van der Waals surface area contributed by atoms with Gasteiger partial charge in [-0.3, -0.25) is 9.59 Å². The van der Waals surface area contributed by atoms with E-state index in [9.17, 15) is 9.59 Å². The van der Waals surface area contributed by atoms with Crippen LogP contribution in [0.3, 0.4) is 0 Å². The van der Waals surface area contributed by atoms with Crippen LogP contribution in [0.1, 0.15) is 10.4 Å². The number of carbonyl (C=O) groups excluding carboxylic acids is 2. The number of aromatic nitrogens is 3. The van der Waals surface area contributed by atoms with E-state index in [1.165, 1.54) is 0 Å². The third kappa shape index (κ3) is 3.64. The molecule has 0 aliphatic carbocycles. The van der Waals surface area contributed by atoms with Gasteiger partial charge in [-0.25, -0.2) is 4.68 Å². The van der Waals surface area contributed by atoms with Crippen LogP contribution in [0, 0.1) is 0 Å². The number of rotatable bonds is 3. The van der Waals surface area contributed by atoms with E-state index < -0.39 is 0 Å². The first kappa shape index (κ1) is 17.5. The molecule has 2 heterocycles. The Labute approximate surface area is 161 Å². The van der Waals surface area contributed by atoms with Gasteiger partial charge in [-0.05, 0) is 30.3 Å². The summed E-state index contributed by atoms with van der Waals surface area (Å²) in [5, 5.41) is 8.67. The van der Waals surface area contributed by atoms with Crippen LogP contribution in [0.5, 0.6) is 0 Å². The molecule has 27 heavy (non-hydrogen) atoms. The first-order valence-corrected chi connectivity index (χ1v) is 9.10. The van der Waals surface area contributed by atoms with Crippen LogP contribution in [-0.4, -0.2) is 62.8 Å². The summed E-state index contributed by atoms with van der Waals surface area (Å²) in [6, 6.07) is 14.5. The van der Waals surface area contributed by atoms with Gasteiger partial charge in [0.25, 0.3) is 5.91 Å². The summed E-state index contributed by atoms with van der Waals surface area (Å²) >= 11 is 5.96. The predicted molar refractivity (Wildman–Crippen MR) is 101 cm³/mol. The van der Waals surface area contributed by atoms with Gasteiger partial charge in [0, 0.05) is 36.8 Å². The van der Waals surface area contributed by atoms with Crippen LogP contribution in [0.15, 0.2) is 48.5 Å². The summed E-state index contributed by atoms with van der Waals surface area (Å²) in [5.74, 6) is -0.0904. The quantitative estimate of drug-likeness (QED) is 0.694. The van der Waals surface area contributed by atoms with E-state index in [1.54, 1.807) is 38.7 Å². The molecular weight excluding hydrogens is 366 g/mol. The first-order valence-electron chi connectivity index (χ1n) is 8.73. The molecule has 2 amide bonds. The fourth-order valence-corrected chi connectivity index (χ4v) is 3.42. The van der Waals surface area contributed by atoms with Gasteiger partial charge >= 0.3 is 0 Å². The Hall–Kier alpha value is -2.93. The molecule has 1 fully saturated rings. The van der Waals surface area contributed by atoms with Crippen LogP contribution < -0.4 is 0 Å². The maximum Gasteiger partial charge on any atom is 0.254 e. The van der Waals surface area contributed by atoms with E-state index in [4.69, 9.17) is 11.6 Å². The molecule has 1 saturated heterocycles. The fourth-order valence-electron chi connectivity index (χ4n) is 3.23. The first-order chi connectivity index (χ1) is 13.1. The standard InChI is InChI=1S/C19H18ClN5O2/c20-15-5-3-4-14(12-15)19(27)24-10-8-23(9-11-24)18(26)13-25-17-7-2-1-6-16(17)21-22-25/h1-7,12H,8-11,13H2. The zero-order valence-electron chi connectivity index (χ0n) is 14.6. The summed E-state index contributed by atoms with van der Waals surface area (Å²) in [7, 11) is 0. The normalized spacial score (nSPS) is 14.6. The Bertz CT molecular complexity index is 994. The summed E-state index contributed by atoms with van der Waals surface area (Å²) < 4.78 is 1.61. The van der Waals surface area contributed by atoms with E-state index in [1.807, 2.05) is 24.3 Å². The predicted octanol–water partition coefficient (Wildman–Crippen LogP) is 2.07. The topological polar surface area (TPSA) is 71.3 Å². The Morgan fingerprint density at radius 3 is 2.48 bits per heavy atom. The highest BCUT2D eigenvalue weighted by molar-refractivity contribution is 6.30. The molecular formula is C19H18ClN5O2. The van der Waals surface area contributed by atoms with Gasteiger partial charge in [-0.1, -0.05) is 35.0 Å². The average Bonchev–Trinajstić information content (AvgIpc) is 3.10. The van der Waals surface area contributed by atoms with Crippen molar-refractivity contribution in [1.29, 1.82) is 0 Å². The van der Waals surface area contributed by atoms with Crippen LogP contribution in [0.4, 0.5) is 0 Å². The Morgan fingerprint density at radius 2 is 1.70 bits per heavy atom. The minimum absolute atomic E-state index is 0.0273. The van der Waals surface area contributed by atoms with E-state index in [0.717, 1.165) is 11.0 Å². The minimum atomic E-state index is -0.0631. The molecule has 8 heteroatoms. The average molecular weight is 384 g/mol. The van der Waals surface area contributed by atoms with Crippen LogP contribution >= 0.6 is 11.6 Å². The molecule has 0 N–H and O–H groups in total. The third-order valence-corrected chi connectivity index (χ3v) is 4.93. The van der Waals surface area contributed by atoms with Gasteiger partial charge in [-0.2, -0.15) is 0 Å². The highest BCUT2D eigenvalue weighted by Crippen LogP contribution is 2.15. The second-order valence-corrected chi connectivity index (χ2v) is 6.86. The number of para-hydroxylation sites is 1. The number of amides is 2. The van der Waals surface area contributed by atoms with Gasteiger partial charge in [0.1, 0.15) is 12.1 Å². The fraction of sp³-hybridized carbons (Fsp3) is 0.263. The van der Waals surface area contributed by atoms with Gasteiger partial charge in [0.05, 0.1) is 5.52 Å². The molecule has 1 aliphatic heterocycles. The monoisotopic (exact) mass is 383 g/mol. The molecule has 1 aliphatic rings. The third-order valence-electron chi connectivity index (χ3n) is 4.70. The van der Waals surface area contributed by atoms with E-state index in [-0.39, 0.29) is 18.4 Å².